The molecule has 2 aromatic heterocycles. The van der Waals surface area contributed by atoms with Crippen molar-refractivity contribution >= 4 is 22.6 Å². The van der Waals surface area contributed by atoms with E-state index in [1.54, 1.807) is 24.3 Å². The Morgan fingerprint density at radius 1 is 1.17 bits per heavy atom. The Morgan fingerprint density at radius 3 is 2.79 bits per heavy atom. The Labute approximate surface area is 138 Å². The number of nitrogens with zero attached hydrogens (tertiary/aromatic N) is 2. The number of ether oxygens (including phenoxy) is 2. The minimum atomic E-state index is -0.216. The van der Waals surface area contributed by atoms with E-state index in [9.17, 15) is 4.79 Å². The molecule has 0 saturated carbocycles. The number of H-pyrrole nitrogens is 1. The smallest absolute Gasteiger partial charge is 0.256 e. The molecule has 0 atom stereocenters. The maximum absolute atomic E-state index is 12.7. The number of rotatable bonds is 2. The van der Waals surface area contributed by atoms with E-state index in [-0.39, 0.29) is 5.91 Å². The summed E-state index contributed by atoms with van der Waals surface area (Å²) in [4.78, 5) is 17.1. The van der Waals surface area contributed by atoms with Gasteiger partial charge >= 0.3 is 0 Å². The lowest BCUT2D eigenvalue weighted by atomic mass is 10.1. The average molecular weight is 324 g/mol. The number of aromatic nitrogens is 3. The Morgan fingerprint density at radius 2 is 1.96 bits per heavy atom. The molecule has 0 saturated heterocycles. The molecule has 1 aromatic carbocycles. The van der Waals surface area contributed by atoms with Crippen LogP contribution in [0.25, 0.3) is 11.0 Å². The molecule has 0 bridgehead atoms. The van der Waals surface area contributed by atoms with Crippen molar-refractivity contribution in [2.75, 3.05) is 18.5 Å². The number of carbonyl (C=O) groups excluding carboxylic acids is 1. The number of hydrogen-bond donors (Lipinski definition) is 2. The predicted octanol–water partition coefficient (Wildman–Crippen LogP) is 2.60. The van der Waals surface area contributed by atoms with Crippen molar-refractivity contribution < 1.29 is 14.3 Å². The van der Waals surface area contributed by atoms with Crippen LogP contribution in [-0.4, -0.2) is 34.3 Å². The van der Waals surface area contributed by atoms with Crippen LogP contribution in [0.5, 0.6) is 11.5 Å². The van der Waals surface area contributed by atoms with E-state index in [0.717, 1.165) is 16.8 Å². The number of nitrogens with one attached hydrogen (secondary N) is 2. The summed E-state index contributed by atoms with van der Waals surface area (Å²) in [6.45, 7) is 4.74. The van der Waals surface area contributed by atoms with Crippen LogP contribution in [-0.2, 0) is 0 Å². The molecule has 0 radical (unpaired) electrons. The monoisotopic (exact) mass is 324 g/mol. The van der Waals surface area contributed by atoms with Crippen LogP contribution >= 0.6 is 0 Å². The maximum atomic E-state index is 12.7. The Bertz CT molecular complexity index is 948. The molecule has 3 aromatic rings. The predicted molar refractivity (Wildman–Crippen MR) is 88.7 cm³/mol. The highest BCUT2D eigenvalue weighted by Gasteiger charge is 2.18. The molecule has 122 valence electrons. The number of aryl methyl sites for hydroxylation is 2. The summed E-state index contributed by atoms with van der Waals surface area (Å²) in [5.41, 5.74) is 3.28. The molecule has 0 spiro atoms. The number of fused-ring (bicyclic) bond motifs is 2. The minimum absolute atomic E-state index is 0.216. The number of pyridine rings is 1. The van der Waals surface area contributed by atoms with Crippen LogP contribution < -0.4 is 14.8 Å². The first-order valence-corrected chi connectivity index (χ1v) is 7.65. The fourth-order valence-electron chi connectivity index (χ4n) is 2.80. The summed E-state index contributed by atoms with van der Waals surface area (Å²) >= 11 is 0. The fourth-order valence-corrected chi connectivity index (χ4v) is 2.80. The first-order chi connectivity index (χ1) is 11.6. The SMILES string of the molecule is Cc1cc(C(=O)Nc2ccc3c(c2)OCCO3)c2c(C)[nH]nc2n1. The molecule has 1 aliphatic rings. The van der Waals surface area contributed by atoms with Gasteiger partial charge in [-0.1, -0.05) is 0 Å². The van der Waals surface area contributed by atoms with Gasteiger partial charge in [0.05, 0.1) is 10.9 Å². The van der Waals surface area contributed by atoms with E-state index in [1.807, 2.05) is 13.8 Å². The molecule has 0 aliphatic carbocycles. The number of anilines is 1. The largest absolute Gasteiger partial charge is 0.486 e. The van der Waals surface area contributed by atoms with Gasteiger partial charge < -0.3 is 14.8 Å². The van der Waals surface area contributed by atoms with E-state index in [1.165, 1.54) is 0 Å². The number of carbonyl (C=O) groups is 1. The lowest BCUT2D eigenvalue weighted by molar-refractivity contribution is 0.102. The average Bonchev–Trinajstić information content (AvgIpc) is 2.95. The summed E-state index contributed by atoms with van der Waals surface area (Å²) in [5, 5.41) is 10.6. The Kier molecular flexibility index (Phi) is 3.34. The zero-order chi connectivity index (χ0) is 16.7. The summed E-state index contributed by atoms with van der Waals surface area (Å²) in [7, 11) is 0. The number of benzene rings is 1. The van der Waals surface area contributed by atoms with E-state index >= 15 is 0 Å². The van der Waals surface area contributed by atoms with Crippen LogP contribution in [0.1, 0.15) is 21.7 Å². The van der Waals surface area contributed by atoms with E-state index in [4.69, 9.17) is 9.47 Å². The topological polar surface area (TPSA) is 89.1 Å². The van der Waals surface area contributed by atoms with Crippen LogP contribution in [0.3, 0.4) is 0 Å². The highest BCUT2D eigenvalue weighted by atomic mass is 16.6. The summed E-state index contributed by atoms with van der Waals surface area (Å²) in [6, 6.07) is 7.11. The van der Waals surface area contributed by atoms with Gasteiger partial charge in [-0.2, -0.15) is 5.10 Å². The molecule has 3 heterocycles. The van der Waals surface area contributed by atoms with Gasteiger partial charge in [-0.3, -0.25) is 9.89 Å². The molecular formula is C17H16N4O3. The quantitative estimate of drug-likeness (QED) is 0.756. The van der Waals surface area contributed by atoms with Crippen molar-refractivity contribution in [1.82, 2.24) is 15.2 Å². The van der Waals surface area contributed by atoms with Crippen LogP contribution in [0.15, 0.2) is 24.3 Å². The summed E-state index contributed by atoms with van der Waals surface area (Å²) in [5.74, 6) is 1.10. The third-order valence-electron chi connectivity index (χ3n) is 3.88. The number of hydrogen-bond acceptors (Lipinski definition) is 5. The standard InChI is InChI=1S/C17H16N4O3/c1-9-7-12(15-10(2)20-21-16(15)18-9)17(22)19-11-3-4-13-14(8-11)24-6-5-23-13/h3-4,7-8H,5-6H2,1-2H3,(H,19,22)(H,18,20,21). The van der Waals surface area contributed by atoms with Gasteiger partial charge in [-0.15, -0.1) is 0 Å². The van der Waals surface area contributed by atoms with Gasteiger partial charge in [0, 0.05) is 23.1 Å². The van der Waals surface area contributed by atoms with Gasteiger partial charge in [0.1, 0.15) is 13.2 Å². The van der Waals surface area contributed by atoms with Gasteiger partial charge in [0.25, 0.3) is 5.91 Å². The van der Waals surface area contributed by atoms with Crippen molar-refractivity contribution in [1.29, 1.82) is 0 Å². The molecule has 0 unspecified atom stereocenters. The van der Waals surface area contributed by atoms with Crippen molar-refractivity contribution in [3.8, 4) is 11.5 Å². The fraction of sp³-hybridized carbons (Fsp3) is 0.235. The second-order valence-corrected chi connectivity index (χ2v) is 5.67. The Balaban J connectivity index is 1.68. The molecule has 1 aliphatic heterocycles. The highest BCUT2D eigenvalue weighted by molar-refractivity contribution is 6.12. The van der Waals surface area contributed by atoms with Crippen molar-refractivity contribution in [2.24, 2.45) is 0 Å². The Hall–Kier alpha value is -3.09. The lowest BCUT2D eigenvalue weighted by Gasteiger charge is -2.19. The molecule has 4 rings (SSSR count). The van der Waals surface area contributed by atoms with Crippen LogP contribution in [0, 0.1) is 13.8 Å². The van der Waals surface area contributed by atoms with E-state index in [2.05, 4.69) is 20.5 Å². The minimum Gasteiger partial charge on any atom is -0.486 e. The zero-order valence-corrected chi connectivity index (χ0v) is 13.3. The van der Waals surface area contributed by atoms with Crippen molar-refractivity contribution in [2.45, 2.75) is 13.8 Å². The highest BCUT2D eigenvalue weighted by Crippen LogP contribution is 2.33. The first-order valence-electron chi connectivity index (χ1n) is 7.65. The van der Waals surface area contributed by atoms with Crippen molar-refractivity contribution in [3.63, 3.8) is 0 Å². The molecule has 1 amide bonds. The van der Waals surface area contributed by atoms with Gasteiger partial charge in [0.15, 0.2) is 17.1 Å². The van der Waals surface area contributed by atoms with Gasteiger partial charge in [-0.05, 0) is 32.0 Å². The molecular weight excluding hydrogens is 308 g/mol. The molecule has 0 fully saturated rings. The second-order valence-electron chi connectivity index (χ2n) is 5.67. The van der Waals surface area contributed by atoms with Crippen LogP contribution in [0.4, 0.5) is 5.69 Å². The lowest BCUT2D eigenvalue weighted by Crippen LogP contribution is -2.16. The first kappa shape index (κ1) is 14.5. The molecule has 7 heteroatoms. The third kappa shape index (κ3) is 2.44. The summed E-state index contributed by atoms with van der Waals surface area (Å²) in [6.07, 6.45) is 0. The molecule has 2 N–H and O–H groups in total. The zero-order valence-electron chi connectivity index (χ0n) is 13.3. The molecule has 24 heavy (non-hydrogen) atoms. The number of aromatic amines is 1. The van der Waals surface area contributed by atoms with Gasteiger partial charge in [-0.25, -0.2) is 4.98 Å². The maximum Gasteiger partial charge on any atom is 0.256 e. The van der Waals surface area contributed by atoms with E-state index in [0.29, 0.717) is 41.6 Å². The second kappa shape index (κ2) is 5.52. The molecule has 7 nitrogen and oxygen atoms in total. The third-order valence-corrected chi connectivity index (χ3v) is 3.88. The van der Waals surface area contributed by atoms with E-state index < -0.39 is 0 Å². The van der Waals surface area contributed by atoms with Crippen molar-refractivity contribution in [3.05, 3.63) is 41.2 Å². The normalized spacial score (nSPS) is 13.1. The van der Waals surface area contributed by atoms with Gasteiger partial charge in [0.2, 0.25) is 0 Å². The summed E-state index contributed by atoms with van der Waals surface area (Å²) < 4.78 is 11.0. The van der Waals surface area contributed by atoms with Crippen LogP contribution in [0.2, 0.25) is 0 Å². The number of amides is 1.